The molecule has 0 amide bonds. The summed E-state index contributed by atoms with van der Waals surface area (Å²) >= 11 is 1.68. The Morgan fingerprint density at radius 1 is 1.45 bits per heavy atom. The van der Waals surface area contributed by atoms with Crippen molar-refractivity contribution in [3.05, 3.63) is 17.7 Å². The second kappa shape index (κ2) is 7.19. The van der Waals surface area contributed by atoms with Crippen LogP contribution in [0.1, 0.15) is 18.9 Å². The topological polar surface area (TPSA) is 81.4 Å². The summed E-state index contributed by atoms with van der Waals surface area (Å²) < 4.78 is 32.6. The standard InChI is InChI=1S/C13H22N2O3S2/c1-9-7-12(18-3)13(8-11(9)14)20(16,17)15-10(2)5-6-19-4/h7-8,10,15H,5-6,14H2,1-4H3. The summed E-state index contributed by atoms with van der Waals surface area (Å²) in [5.74, 6) is 1.21. The van der Waals surface area contributed by atoms with E-state index in [1.807, 2.05) is 20.1 Å². The third-order valence-corrected chi connectivity index (χ3v) is 5.21. The normalized spacial score (nSPS) is 13.2. The van der Waals surface area contributed by atoms with Crippen molar-refractivity contribution in [3.8, 4) is 5.75 Å². The van der Waals surface area contributed by atoms with E-state index in [0.29, 0.717) is 11.4 Å². The molecule has 0 spiro atoms. The Morgan fingerprint density at radius 3 is 2.65 bits per heavy atom. The molecular formula is C13H22N2O3S2. The zero-order valence-corrected chi connectivity index (χ0v) is 13.9. The molecule has 20 heavy (non-hydrogen) atoms. The zero-order valence-electron chi connectivity index (χ0n) is 12.3. The number of nitrogens with two attached hydrogens (primary N) is 1. The van der Waals surface area contributed by atoms with E-state index in [0.717, 1.165) is 17.7 Å². The first-order chi connectivity index (χ1) is 9.31. The van der Waals surface area contributed by atoms with Crippen LogP contribution in [0.15, 0.2) is 17.0 Å². The second-order valence-electron chi connectivity index (χ2n) is 4.66. The van der Waals surface area contributed by atoms with E-state index >= 15 is 0 Å². The first-order valence-corrected chi connectivity index (χ1v) is 9.15. The van der Waals surface area contributed by atoms with Gasteiger partial charge in [-0.1, -0.05) is 0 Å². The van der Waals surface area contributed by atoms with E-state index in [-0.39, 0.29) is 10.9 Å². The number of anilines is 1. The number of hydrogen-bond donors (Lipinski definition) is 2. The molecule has 0 fully saturated rings. The highest BCUT2D eigenvalue weighted by Crippen LogP contribution is 2.29. The average molecular weight is 318 g/mol. The Balaban J connectivity index is 3.06. The predicted molar refractivity (Wildman–Crippen MR) is 84.9 cm³/mol. The van der Waals surface area contributed by atoms with Gasteiger partial charge in [-0.2, -0.15) is 11.8 Å². The van der Waals surface area contributed by atoms with Crippen molar-refractivity contribution in [1.29, 1.82) is 0 Å². The van der Waals surface area contributed by atoms with Crippen molar-refractivity contribution >= 4 is 27.5 Å². The molecule has 0 aliphatic carbocycles. The van der Waals surface area contributed by atoms with Gasteiger partial charge in [-0.25, -0.2) is 13.1 Å². The number of hydrogen-bond acceptors (Lipinski definition) is 5. The van der Waals surface area contributed by atoms with E-state index in [1.165, 1.54) is 13.2 Å². The van der Waals surface area contributed by atoms with Crippen LogP contribution in [0, 0.1) is 6.92 Å². The SMILES string of the molecule is COc1cc(C)c(N)cc1S(=O)(=O)NC(C)CCSC. The van der Waals surface area contributed by atoms with Crippen molar-refractivity contribution < 1.29 is 13.2 Å². The van der Waals surface area contributed by atoms with Crippen LogP contribution >= 0.6 is 11.8 Å². The fourth-order valence-electron chi connectivity index (χ4n) is 1.73. The highest BCUT2D eigenvalue weighted by Gasteiger charge is 2.22. The molecule has 114 valence electrons. The smallest absolute Gasteiger partial charge is 0.244 e. The average Bonchev–Trinajstić information content (AvgIpc) is 2.38. The van der Waals surface area contributed by atoms with Gasteiger partial charge in [0.1, 0.15) is 10.6 Å². The van der Waals surface area contributed by atoms with Crippen LogP contribution in [-0.2, 0) is 10.0 Å². The Bertz CT molecular complexity index is 559. The van der Waals surface area contributed by atoms with Crippen LogP contribution in [-0.4, -0.2) is 33.6 Å². The number of nitrogens with one attached hydrogen (secondary N) is 1. The number of sulfonamides is 1. The van der Waals surface area contributed by atoms with Crippen molar-refractivity contribution in [1.82, 2.24) is 4.72 Å². The summed E-state index contributed by atoms with van der Waals surface area (Å²) in [6.07, 6.45) is 2.76. The summed E-state index contributed by atoms with van der Waals surface area (Å²) in [4.78, 5) is 0.0825. The molecule has 1 atom stereocenters. The third-order valence-electron chi connectivity index (χ3n) is 2.95. The minimum Gasteiger partial charge on any atom is -0.495 e. The molecule has 0 aromatic heterocycles. The molecule has 0 saturated heterocycles. The van der Waals surface area contributed by atoms with Gasteiger partial charge >= 0.3 is 0 Å². The Kier molecular flexibility index (Phi) is 6.16. The molecule has 0 aliphatic rings. The third kappa shape index (κ3) is 4.29. The van der Waals surface area contributed by atoms with E-state index in [4.69, 9.17) is 10.5 Å². The van der Waals surface area contributed by atoms with Crippen LogP contribution in [0.5, 0.6) is 5.75 Å². The van der Waals surface area contributed by atoms with Crippen molar-refractivity contribution in [2.24, 2.45) is 0 Å². The summed E-state index contributed by atoms with van der Waals surface area (Å²) in [6, 6.07) is 2.94. The van der Waals surface area contributed by atoms with Gasteiger partial charge in [0.15, 0.2) is 0 Å². The van der Waals surface area contributed by atoms with Gasteiger partial charge < -0.3 is 10.5 Å². The van der Waals surface area contributed by atoms with Crippen molar-refractivity contribution in [2.75, 3.05) is 24.9 Å². The molecule has 1 unspecified atom stereocenters. The number of aryl methyl sites for hydroxylation is 1. The summed E-state index contributed by atoms with van der Waals surface area (Å²) in [5.41, 5.74) is 7.02. The summed E-state index contributed by atoms with van der Waals surface area (Å²) in [7, 11) is -2.19. The Hall–Kier alpha value is -0.920. The van der Waals surface area contributed by atoms with Crippen LogP contribution in [0.2, 0.25) is 0 Å². The largest absolute Gasteiger partial charge is 0.495 e. The van der Waals surface area contributed by atoms with Gasteiger partial charge in [0.2, 0.25) is 10.0 Å². The minimum absolute atomic E-state index is 0.0825. The highest BCUT2D eigenvalue weighted by atomic mass is 32.2. The number of rotatable bonds is 7. The maximum absolute atomic E-state index is 12.4. The van der Waals surface area contributed by atoms with Crippen LogP contribution in [0.4, 0.5) is 5.69 Å². The molecule has 5 nitrogen and oxygen atoms in total. The predicted octanol–water partition coefficient (Wildman–Crippen LogP) is 2.01. The summed E-state index contributed by atoms with van der Waals surface area (Å²) in [5, 5.41) is 0. The number of thioether (sulfide) groups is 1. The maximum atomic E-state index is 12.4. The number of ether oxygens (including phenoxy) is 1. The Morgan fingerprint density at radius 2 is 2.10 bits per heavy atom. The Labute approximate surface area is 125 Å². The first-order valence-electron chi connectivity index (χ1n) is 6.27. The van der Waals surface area contributed by atoms with E-state index in [1.54, 1.807) is 17.8 Å². The van der Waals surface area contributed by atoms with Gasteiger partial charge in [-0.3, -0.25) is 0 Å². The lowest BCUT2D eigenvalue weighted by Crippen LogP contribution is -2.33. The molecule has 0 bridgehead atoms. The quantitative estimate of drug-likeness (QED) is 0.752. The van der Waals surface area contributed by atoms with Gasteiger partial charge in [-0.05, 0) is 50.0 Å². The monoisotopic (exact) mass is 318 g/mol. The van der Waals surface area contributed by atoms with Crippen LogP contribution in [0.3, 0.4) is 0 Å². The van der Waals surface area contributed by atoms with E-state index < -0.39 is 10.0 Å². The van der Waals surface area contributed by atoms with Gasteiger partial charge in [-0.15, -0.1) is 0 Å². The lowest BCUT2D eigenvalue weighted by atomic mass is 10.2. The van der Waals surface area contributed by atoms with Gasteiger partial charge in [0, 0.05) is 11.7 Å². The van der Waals surface area contributed by atoms with Crippen molar-refractivity contribution in [3.63, 3.8) is 0 Å². The van der Waals surface area contributed by atoms with Crippen LogP contribution < -0.4 is 15.2 Å². The lowest BCUT2D eigenvalue weighted by Gasteiger charge is -2.16. The fourth-order valence-corrected chi connectivity index (χ4v) is 3.78. The number of methoxy groups -OCH3 is 1. The minimum atomic E-state index is -3.64. The van der Waals surface area contributed by atoms with Crippen LogP contribution in [0.25, 0.3) is 0 Å². The molecule has 0 radical (unpaired) electrons. The molecule has 0 saturated carbocycles. The molecule has 0 aliphatic heterocycles. The first kappa shape index (κ1) is 17.1. The number of nitrogen functional groups attached to an aromatic ring is 1. The number of benzene rings is 1. The molecule has 7 heteroatoms. The second-order valence-corrected chi connectivity index (χ2v) is 7.33. The molecule has 1 rings (SSSR count). The molecular weight excluding hydrogens is 296 g/mol. The fraction of sp³-hybridized carbons (Fsp3) is 0.538. The van der Waals surface area contributed by atoms with E-state index in [9.17, 15) is 8.42 Å². The highest BCUT2D eigenvalue weighted by molar-refractivity contribution is 7.98. The zero-order chi connectivity index (χ0) is 15.3. The van der Waals surface area contributed by atoms with Crippen molar-refractivity contribution in [2.45, 2.75) is 31.2 Å². The maximum Gasteiger partial charge on any atom is 0.244 e. The molecule has 1 aromatic carbocycles. The van der Waals surface area contributed by atoms with E-state index in [2.05, 4.69) is 4.72 Å². The summed E-state index contributed by atoms with van der Waals surface area (Å²) in [6.45, 7) is 3.65. The molecule has 3 N–H and O–H groups in total. The van der Waals surface area contributed by atoms with Gasteiger partial charge in [0.05, 0.1) is 7.11 Å². The molecule has 1 aromatic rings. The lowest BCUT2D eigenvalue weighted by molar-refractivity contribution is 0.402. The van der Waals surface area contributed by atoms with Gasteiger partial charge in [0.25, 0.3) is 0 Å². The molecule has 0 heterocycles.